The van der Waals surface area contributed by atoms with Crippen molar-refractivity contribution < 1.29 is 23.8 Å². The molecule has 0 fully saturated rings. The van der Waals surface area contributed by atoms with Crippen LogP contribution in [-0.2, 0) is 19.0 Å². The van der Waals surface area contributed by atoms with Crippen LogP contribution in [0.15, 0.2) is 12.7 Å². The summed E-state index contributed by atoms with van der Waals surface area (Å²) >= 11 is 0. The predicted octanol–water partition coefficient (Wildman–Crippen LogP) is 1.52. The van der Waals surface area contributed by atoms with Crippen LogP contribution in [0.25, 0.3) is 0 Å². The van der Waals surface area contributed by atoms with Gasteiger partial charge in [-0.3, -0.25) is 0 Å². The number of hydrogen-bond donors (Lipinski definition) is 0. The molecule has 0 saturated carbocycles. The molecule has 5 heteroatoms. The van der Waals surface area contributed by atoms with Crippen LogP contribution < -0.4 is 0 Å². The van der Waals surface area contributed by atoms with E-state index in [2.05, 4.69) is 11.3 Å². The third-order valence-corrected chi connectivity index (χ3v) is 1.67. The lowest BCUT2D eigenvalue weighted by Gasteiger charge is -2.10. The van der Waals surface area contributed by atoms with Crippen molar-refractivity contribution in [1.29, 1.82) is 0 Å². The quantitative estimate of drug-likeness (QED) is 0.497. The van der Waals surface area contributed by atoms with Gasteiger partial charge in [0, 0.05) is 6.08 Å². The van der Waals surface area contributed by atoms with E-state index in [1.54, 1.807) is 0 Å². The van der Waals surface area contributed by atoms with Crippen molar-refractivity contribution >= 4 is 12.1 Å². The molecule has 1 unspecified atom stereocenters. The molecule has 0 aromatic heterocycles. The minimum absolute atomic E-state index is 0.113. The second-order valence-electron chi connectivity index (χ2n) is 3.03. The van der Waals surface area contributed by atoms with Crippen molar-refractivity contribution in [2.45, 2.75) is 13.3 Å². The summed E-state index contributed by atoms with van der Waals surface area (Å²) in [5, 5.41) is 0. The molecule has 0 amide bonds. The van der Waals surface area contributed by atoms with Gasteiger partial charge in [0.05, 0.1) is 20.3 Å². The highest BCUT2D eigenvalue weighted by atomic mass is 16.7. The minimum Gasteiger partial charge on any atom is -0.463 e. The van der Waals surface area contributed by atoms with Gasteiger partial charge in [0.15, 0.2) is 0 Å². The summed E-state index contributed by atoms with van der Waals surface area (Å²) in [4.78, 5) is 21.3. The smallest absolute Gasteiger partial charge is 0.463 e. The van der Waals surface area contributed by atoms with Crippen molar-refractivity contribution in [1.82, 2.24) is 0 Å². The number of hydrogen-bond acceptors (Lipinski definition) is 5. The Hall–Kier alpha value is -1.52. The van der Waals surface area contributed by atoms with Gasteiger partial charge in [-0.2, -0.15) is 0 Å². The van der Waals surface area contributed by atoms with Crippen molar-refractivity contribution in [3.8, 4) is 0 Å². The van der Waals surface area contributed by atoms with E-state index in [4.69, 9.17) is 9.47 Å². The van der Waals surface area contributed by atoms with Crippen LogP contribution in [0.5, 0.6) is 0 Å². The van der Waals surface area contributed by atoms with Crippen LogP contribution in [0.2, 0.25) is 0 Å². The maximum atomic E-state index is 10.7. The van der Waals surface area contributed by atoms with Gasteiger partial charge in [0.25, 0.3) is 0 Å². The molecular weight excluding hydrogens is 200 g/mol. The van der Waals surface area contributed by atoms with E-state index in [1.165, 1.54) is 7.11 Å². The molecule has 0 aliphatic carbocycles. The monoisotopic (exact) mass is 216 g/mol. The molecule has 0 rings (SSSR count). The number of esters is 1. The summed E-state index contributed by atoms with van der Waals surface area (Å²) in [5.74, 6) is -0.335. The third kappa shape index (κ3) is 7.54. The van der Waals surface area contributed by atoms with Gasteiger partial charge in [0.2, 0.25) is 0 Å². The van der Waals surface area contributed by atoms with Crippen LogP contribution in [-0.4, -0.2) is 32.4 Å². The Morgan fingerprint density at radius 2 is 2.07 bits per heavy atom. The van der Waals surface area contributed by atoms with Gasteiger partial charge in [-0.05, 0) is 12.3 Å². The topological polar surface area (TPSA) is 61.8 Å². The average molecular weight is 216 g/mol. The van der Waals surface area contributed by atoms with Crippen molar-refractivity contribution in [2.75, 3.05) is 20.3 Å². The van der Waals surface area contributed by atoms with Crippen LogP contribution in [0, 0.1) is 5.92 Å². The Labute approximate surface area is 89.0 Å². The number of carbonyl (C=O) groups is 2. The van der Waals surface area contributed by atoms with Gasteiger partial charge in [0.1, 0.15) is 0 Å². The molecular formula is C10H16O5. The summed E-state index contributed by atoms with van der Waals surface area (Å²) in [6.45, 7) is 5.68. The van der Waals surface area contributed by atoms with E-state index in [-0.39, 0.29) is 19.1 Å². The Kier molecular flexibility index (Phi) is 7.05. The fourth-order valence-electron chi connectivity index (χ4n) is 0.772. The first kappa shape index (κ1) is 13.5. The molecule has 0 saturated heterocycles. The van der Waals surface area contributed by atoms with Crippen molar-refractivity contribution in [2.24, 2.45) is 5.92 Å². The zero-order valence-corrected chi connectivity index (χ0v) is 9.02. The molecule has 0 N–H and O–H groups in total. The van der Waals surface area contributed by atoms with Crippen LogP contribution >= 0.6 is 0 Å². The highest BCUT2D eigenvalue weighted by molar-refractivity contribution is 5.81. The Bertz CT molecular complexity index is 224. The summed E-state index contributed by atoms with van der Waals surface area (Å²) in [6, 6.07) is 0. The molecule has 86 valence electrons. The second kappa shape index (κ2) is 7.84. The molecule has 0 heterocycles. The molecule has 1 atom stereocenters. The van der Waals surface area contributed by atoms with Crippen LogP contribution in [0.1, 0.15) is 13.3 Å². The number of carbonyl (C=O) groups excluding carboxylic acids is 2. The van der Waals surface area contributed by atoms with Gasteiger partial charge in [-0.1, -0.05) is 13.5 Å². The third-order valence-electron chi connectivity index (χ3n) is 1.67. The number of ether oxygens (including phenoxy) is 3. The molecule has 5 nitrogen and oxygen atoms in total. The normalized spacial score (nSPS) is 11.3. The molecule has 15 heavy (non-hydrogen) atoms. The van der Waals surface area contributed by atoms with Gasteiger partial charge in [-0.15, -0.1) is 0 Å². The Balaban J connectivity index is 3.48. The molecule has 0 spiro atoms. The molecule has 0 aromatic rings. The zero-order chi connectivity index (χ0) is 11.7. The fourth-order valence-corrected chi connectivity index (χ4v) is 0.772. The second-order valence-corrected chi connectivity index (χ2v) is 3.03. The summed E-state index contributed by atoms with van der Waals surface area (Å²) in [5.41, 5.74) is 0. The SMILES string of the molecule is C=CC(=O)OCCC(C)COC(=O)OC. The highest BCUT2D eigenvalue weighted by Crippen LogP contribution is 2.03. The Morgan fingerprint density at radius 3 is 2.60 bits per heavy atom. The number of rotatable bonds is 6. The summed E-state index contributed by atoms with van der Waals surface area (Å²) in [7, 11) is 1.25. The van der Waals surface area contributed by atoms with Crippen LogP contribution in [0.4, 0.5) is 4.79 Å². The highest BCUT2D eigenvalue weighted by Gasteiger charge is 2.07. The van der Waals surface area contributed by atoms with Gasteiger partial charge >= 0.3 is 12.1 Å². The Morgan fingerprint density at radius 1 is 1.40 bits per heavy atom. The first-order valence-corrected chi connectivity index (χ1v) is 4.60. The molecule has 0 aliphatic heterocycles. The van der Waals surface area contributed by atoms with Crippen molar-refractivity contribution in [3.05, 3.63) is 12.7 Å². The molecule has 0 bridgehead atoms. The maximum absolute atomic E-state index is 10.7. The average Bonchev–Trinajstić information content (AvgIpc) is 2.25. The summed E-state index contributed by atoms with van der Waals surface area (Å²) in [6.07, 6.45) is 1.02. The molecule has 0 radical (unpaired) electrons. The van der Waals surface area contributed by atoms with Crippen molar-refractivity contribution in [3.63, 3.8) is 0 Å². The first-order chi connectivity index (χ1) is 7.10. The van der Waals surface area contributed by atoms with E-state index < -0.39 is 12.1 Å². The number of methoxy groups -OCH3 is 1. The van der Waals surface area contributed by atoms with Gasteiger partial charge < -0.3 is 14.2 Å². The van der Waals surface area contributed by atoms with E-state index in [0.29, 0.717) is 6.42 Å². The van der Waals surface area contributed by atoms with Crippen LogP contribution in [0.3, 0.4) is 0 Å². The zero-order valence-electron chi connectivity index (χ0n) is 9.02. The summed E-state index contributed by atoms with van der Waals surface area (Å²) < 4.78 is 13.8. The van der Waals surface area contributed by atoms with Gasteiger partial charge in [-0.25, -0.2) is 9.59 Å². The molecule has 0 aliphatic rings. The first-order valence-electron chi connectivity index (χ1n) is 4.60. The lowest BCUT2D eigenvalue weighted by atomic mass is 10.1. The lowest BCUT2D eigenvalue weighted by Crippen LogP contribution is -2.14. The molecule has 0 aromatic carbocycles. The van der Waals surface area contributed by atoms with E-state index in [9.17, 15) is 9.59 Å². The lowest BCUT2D eigenvalue weighted by molar-refractivity contribution is -0.138. The maximum Gasteiger partial charge on any atom is 0.507 e. The fraction of sp³-hybridized carbons (Fsp3) is 0.600. The van der Waals surface area contributed by atoms with E-state index in [0.717, 1.165) is 6.08 Å². The standard InChI is InChI=1S/C10H16O5/c1-4-9(11)14-6-5-8(2)7-15-10(12)13-3/h4,8H,1,5-7H2,2-3H3. The largest absolute Gasteiger partial charge is 0.507 e. The minimum atomic E-state index is -0.704. The predicted molar refractivity (Wildman–Crippen MR) is 53.3 cm³/mol. The van der Waals surface area contributed by atoms with E-state index in [1.807, 2.05) is 6.92 Å². The van der Waals surface area contributed by atoms with E-state index >= 15 is 0 Å².